The fraction of sp³-hybridized carbons (Fsp3) is 0.565. The van der Waals surface area contributed by atoms with Crippen LogP contribution >= 0.6 is 7.82 Å². The number of phosphoric ester groups is 1. The van der Waals surface area contributed by atoms with E-state index in [4.69, 9.17) is 18.5 Å². The number of phosphoric acid groups is 1. The molecule has 298 valence electrons. The van der Waals surface area contributed by atoms with E-state index in [0.29, 0.717) is 11.1 Å². The van der Waals surface area contributed by atoms with Crippen molar-refractivity contribution in [2.24, 2.45) is 0 Å². The number of likely N-dealkylation sites (tertiary alicyclic amines) is 1. The van der Waals surface area contributed by atoms with Crippen molar-refractivity contribution in [3.05, 3.63) is 120 Å². The lowest BCUT2D eigenvalue weighted by Gasteiger charge is -2.39. The molecule has 0 amide bonds. The molecule has 1 N–H and O–H groups in total. The predicted octanol–water partition coefficient (Wildman–Crippen LogP) is 12.1. The third kappa shape index (κ3) is 14.7. The Morgan fingerprint density at radius 3 is 1.61 bits per heavy atom. The number of benzene rings is 3. The van der Waals surface area contributed by atoms with E-state index < -0.39 is 19.5 Å². The minimum absolute atomic E-state index is 0.192. The van der Waals surface area contributed by atoms with Crippen molar-refractivity contribution in [1.82, 2.24) is 0 Å². The Morgan fingerprint density at radius 1 is 0.685 bits per heavy atom. The van der Waals surface area contributed by atoms with Gasteiger partial charge in [0.15, 0.2) is 6.26 Å². The SMILES string of the molecule is CCCCCCCCCCCCCCCCOCC(COP(=O)(O)OC=C1CCCC[N+]1(C)C)OC(c1ccccc1)(c1ccccc1)c1ccccc1. The van der Waals surface area contributed by atoms with Gasteiger partial charge in [-0.2, -0.15) is 0 Å². The summed E-state index contributed by atoms with van der Waals surface area (Å²) in [5, 5.41) is 0. The lowest BCUT2D eigenvalue weighted by atomic mass is 9.80. The molecule has 8 heteroatoms. The van der Waals surface area contributed by atoms with Crippen LogP contribution in [-0.4, -0.2) is 55.9 Å². The van der Waals surface area contributed by atoms with Gasteiger partial charge in [0.05, 0.1) is 33.9 Å². The monoisotopic (exact) mass is 762 g/mol. The highest BCUT2D eigenvalue weighted by molar-refractivity contribution is 7.47. The summed E-state index contributed by atoms with van der Waals surface area (Å²) in [7, 11) is -0.268. The summed E-state index contributed by atoms with van der Waals surface area (Å²) >= 11 is 0. The first-order chi connectivity index (χ1) is 26.3. The molecule has 1 saturated heterocycles. The summed E-state index contributed by atoms with van der Waals surface area (Å²) in [5.41, 5.74) is 2.74. The van der Waals surface area contributed by atoms with Crippen LogP contribution in [0.3, 0.4) is 0 Å². The van der Waals surface area contributed by atoms with Crippen molar-refractivity contribution in [3.63, 3.8) is 0 Å². The van der Waals surface area contributed by atoms with E-state index in [1.54, 1.807) is 0 Å². The summed E-state index contributed by atoms with van der Waals surface area (Å²) in [6.45, 7) is 3.81. The molecule has 1 aliphatic rings. The van der Waals surface area contributed by atoms with Gasteiger partial charge in [0.25, 0.3) is 0 Å². The van der Waals surface area contributed by atoms with Crippen LogP contribution in [0.2, 0.25) is 0 Å². The number of quaternary nitrogens is 1. The molecule has 0 bridgehead atoms. The number of ether oxygens (including phenoxy) is 2. The quantitative estimate of drug-likeness (QED) is 0.0274. The molecule has 0 aromatic heterocycles. The first-order valence-electron chi connectivity index (χ1n) is 20.9. The number of hydrogen-bond donors (Lipinski definition) is 1. The van der Waals surface area contributed by atoms with Gasteiger partial charge in [0.1, 0.15) is 17.4 Å². The van der Waals surface area contributed by atoms with E-state index in [9.17, 15) is 9.46 Å². The maximum absolute atomic E-state index is 13.3. The normalized spacial score (nSPS) is 16.9. The van der Waals surface area contributed by atoms with Gasteiger partial charge >= 0.3 is 7.82 Å². The van der Waals surface area contributed by atoms with Crippen molar-refractivity contribution in [2.75, 3.05) is 40.5 Å². The zero-order valence-corrected chi connectivity index (χ0v) is 34.4. The van der Waals surface area contributed by atoms with Crippen molar-refractivity contribution in [2.45, 2.75) is 128 Å². The molecule has 2 atom stereocenters. The molecule has 0 aliphatic carbocycles. The first-order valence-corrected chi connectivity index (χ1v) is 22.4. The second-order valence-corrected chi connectivity index (χ2v) is 16.9. The zero-order valence-electron chi connectivity index (χ0n) is 33.5. The average Bonchev–Trinajstić information content (AvgIpc) is 3.19. The van der Waals surface area contributed by atoms with Crippen LogP contribution in [0.1, 0.15) is 133 Å². The molecule has 4 rings (SSSR count). The first kappa shape index (κ1) is 44.0. The standard InChI is InChI=1S/C46H68NO6P/c1-4-5-6-7-8-9-10-11-12-13-14-15-16-28-37-50-39-45(40-52-54(48,49)51-38-44-35-26-27-36-47(44,2)3)53-46(41-29-20-17-21-30-41,42-31-22-18-23-32-42)43-33-24-19-25-34-43/h17-25,29-34,38,45H,4-16,26-28,35-37,39-40H2,1-3H3/p+1. The van der Waals surface area contributed by atoms with Crippen molar-refractivity contribution in [1.29, 1.82) is 0 Å². The van der Waals surface area contributed by atoms with E-state index in [1.807, 2.05) is 54.6 Å². The highest BCUT2D eigenvalue weighted by Crippen LogP contribution is 2.46. The summed E-state index contributed by atoms with van der Waals surface area (Å²) < 4.78 is 38.6. The van der Waals surface area contributed by atoms with E-state index in [2.05, 4.69) is 57.4 Å². The molecule has 7 nitrogen and oxygen atoms in total. The Kier molecular flexibility index (Phi) is 19.5. The summed E-state index contributed by atoms with van der Waals surface area (Å²) in [6.07, 6.45) is 21.9. The highest BCUT2D eigenvalue weighted by Gasteiger charge is 2.41. The van der Waals surface area contributed by atoms with Crippen LogP contribution in [0.5, 0.6) is 0 Å². The largest absolute Gasteiger partial charge is 0.527 e. The Balaban J connectivity index is 1.39. The van der Waals surface area contributed by atoms with Gasteiger partial charge < -0.3 is 14.0 Å². The second-order valence-electron chi connectivity index (χ2n) is 15.5. The third-order valence-corrected chi connectivity index (χ3v) is 11.6. The molecular formula is C46H69NO6P+. The molecule has 0 radical (unpaired) electrons. The van der Waals surface area contributed by atoms with E-state index in [-0.39, 0.29) is 13.2 Å². The van der Waals surface area contributed by atoms with Gasteiger partial charge in [-0.25, -0.2) is 4.57 Å². The van der Waals surface area contributed by atoms with Crippen molar-refractivity contribution >= 4 is 7.82 Å². The number of unbranched alkanes of at least 4 members (excludes halogenated alkanes) is 13. The van der Waals surface area contributed by atoms with Gasteiger partial charge in [0, 0.05) is 13.0 Å². The second kappa shape index (κ2) is 24.0. The highest BCUT2D eigenvalue weighted by atomic mass is 31.2. The number of hydrogen-bond acceptors (Lipinski definition) is 5. The number of rotatable bonds is 27. The van der Waals surface area contributed by atoms with Gasteiger partial charge in [-0.05, 0) is 36.0 Å². The Bertz CT molecular complexity index is 1400. The smallest absolute Gasteiger partial charge is 0.406 e. The molecule has 0 saturated carbocycles. The summed E-state index contributed by atoms with van der Waals surface area (Å²) in [4.78, 5) is 10.9. The van der Waals surface area contributed by atoms with E-state index >= 15 is 0 Å². The Hall–Kier alpha value is -2.77. The van der Waals surface area contributed by atoms with E-state index in [1.165, 1.54) is 83.3 Å². The van der Waals surface area contributed by atoms with Crippen LogP contribution in [0.4, 0.5) is 0 Å². The van der Waals surface area contributed by atoms with Gasteiger partial charge in [-0.3, -0.25) is 13.9 Å². The van der Waals surface area contributed by atoms with Crippen molar-refractivity contribution < 1.29 is 32.5 Å². The number of nitrogens with zero attached hydrogens (tertiary/aromatic N) is 1. The predicted molar refractivity (Wildman–Crippen MR) is 221 cm³/mol. The van der Waals surface area contributed by atoms with Gasteiger partial charge in [-0.15, -0.1) is 0 Å². The molecule has 1 aliphatic heterocycles. The average molecular weight is 763 g/mol. The number of allylic oxidation sites excluding steroid dienone is 1. The molecular weight excluding hydrogens is 693 g/mol. The Labute approximate surface area is 327 Å². The minimum atomic E-state index is -4.45. The lowest BCUT2D eigenvalue weighted by molar-refractivity contribution is -0.858. The van der Waals surface area contributed by atoms with Crippen LogP contribution in [0.15, 0.2) is 103 Å². The maximum atomic E-state index is 13.3. The van der Waals surface area contributed by atoms with Crippen molar-refractivity contribution in [3.8, 4) is 0 Å². The molecule has 3 aromatic carbocycles. The maximum Gasteiger partial charge on any atom is 0.527 e. The third-order valence-electron chi connectivity index (χ3n) is 10.8. The fourth-order valence-electron chi connectivity index (χ4n) is 7.50. The molecule has 0 spiro atoms. The molecule has 3 aromatic rings. The van der Waals surface area contributed by atoms with Gasteiger partial charge in [0.2, 0.25) is 0 Å². The summed E-state index contributed by atoms with van der Waals surface area (Å²) in [6, 6.07) is 30.4. The molecule has 2 unspecified atom stereocenters. The van der Waals surface area contributed by atoms with Gasteiger partial charge in [-0.1, -0.05) is 181 Å². The topological polar surface area (TPSA) is 74.2 Å². The molecule has 1 heterocycles. The number of piperidine rings is 1. The van der Waals surface area contributed by atoms with Crippen LogP contribution in [-0.2, 0) is 28.7 Å². The van der Waals surface area contributed by atoms with Crippen LogP contribution in [0.25, 0.3) is 0 Å². The summed E-state index contributed by atoms with van der Waals surface area (Å²) in [5.74, 6) is 0. The van der Waals surface area contributed by atoms with Crippen LogP contribution < -0.4 is 0 Å². The molecule has 54 heavy (non-hydrogen) atoms. The van der Waals surface area contributed by atoms with E-state index in [0.717, 1.165) is 61.0 Å². The molecule has 1 fully saturated rings. The Morgan fingerprint density at radius 2 is 1.15 bits per heavy atom. The lowest BCUT2D eigenvalue weighted by Crippen LogP contribution is -2.42. The minimum Gasteiger partial charge on any atom is -0.406 e. The fourth-order valence-corrected chi connectivity index (χ4v) is 8.17. The van der Waals surface area contributed by atoms with Crippen LogP contribution in [0, 0.1) is 0 Å². The zero-order chi connectivity index (χ0) is 38.4.